The van der Waals surface area contributed by atoms with Gasteiger partial charge in [-0.2, -0.15) is 0 Å². The Kier molecular flexibility index (Phi) is 6.17. The van der Waals surface area contributed by atoms with Crippen molar-refractivity contribution < 1.29 is 9.53 Å². The molecule has 6 nitrogen and oxygen atoms in total. The standard InChI is InChI=1S/C25H26N4O2/c1-3-29-17-23(21-8-4-5-9-24(21)29)22(18-7-6-14-26-15-18)16-27-25(30)28-19-10-12-20(31-2)13-11-19/h4-15,17,22H,3,16H2,1-2H3,(H2,27,28,30)/t22-/m1/s1. The number of carbonyl (C=O) groups is 1. The second-order valence-electron chi connectivity index (χ2n) is 7.29. The molecule has 158 valence electrons. The van der Waals surface area contributed by atoms with Gasteiger partial charge in [-0.1, -0.05) is 24.3 Å². The lowest BCUT2D eigenvalue weighted by Crippen LogP contribution is -2.32. The number of methoxy groups -OCH3 is 1. The van der Waals surface area contributed by atoms with Gasteiger partial charge < -0.3 is 19.9 Å². The molecule has 0 saturated carbocycles. The molecule has 2 N–H and O–H groups in total. The number of aromatic nitrogens is 2. The summed E-state index contributed by atoms with van der Waals surface area (Å²) < 4.78 is 7.40. The van der Waals surface area contributed by atoms with E-state index in [1.165, 1.54) is 16.5 Å². The van der Waals surface area contributed by atoms with Crippen molar-refractivity contribution in [3.8, 4) is 5.75 Å². The zero-order chi connectivity index (χ0) is 21.6. The number of nitrogens with zero attached hydrogens (tertiary/aromatic N) is 2. The van der Waals surface area contributed by atoms with Gasteiger partial charge in [-0.05, 0) is 54.4 Å². The Bertz CT molecular complexity index is 1150. The Hall–Kier alpha value is -3.80. The number of carbonyl (C=O) groups excluding carboxylic acids is 1. The van der Waals surface area contributed by atoms with E-state index in [0.29, 0.717) is 12.2 Å². The van der Waals surface area contributed by atoms with E-state index >= 15 is 0 Å². The summed E-state index contributed by atoms with van der Waals surface area (Å²) in [6.07, 6.45) is 5.82. The van der Waals surface area contributed by atoms with Crippen LogP contribution in [0.1, 0.15) is 24.0 Å². The third-order valence-corrected chi connectivity index (χ3v) is 5.44. The van der Waals surface area contributed by atoms with Crippen molar-refractivity contribution >= 4 is 22.6 Å². The SMILES string of the molecule is CCn1cc([C@H](CNC(=O)Nc2ccc(OC)cc2)c2cccnc2)c2ccccc21. The fourth-order valence-electron chi connectivity index (χ4n) is 3.85. The van der Waals surface area contributed by atoms with Gasteiger partial charge in [-0.3, -0.25) is 4.98 Å². The molecule has 2 aromatic carbocycles. The summed E-state index contributed by atoms with van der Waals surface area (Å²) in [6, 6.07) is 19.4. The molecule has 0 saturated heterocycles. The predicted molar refractivity (Wildman–Crippen MR) is 124 cm³/mol. The third-order valence-electron chi connectivity index (χ3n) is 5.44. The van der Waals surface area contributed by atoms with Gasteiger partial charge in [0.2, 0.25) is 0 Å². The van der Waals surface area contributed by atoms with Crippen molar-refractivity contribution in [3.05, 3.63) is 90.4 Å². The topological polar surface area (TPSA) is 68.2 Å². The number of aryl methyl sites for hydroxylation is 1. The summed E-state index contributed by atoms with van der Waals surface area (Å²) in [6.45, 7) is 3.47. The predicted octanol–water partition coefficient (Wildman–Crippen LogP) is 5.02. The third kappa shape index (κ3) is 4.53. The quantitative estimate of drug-likeness (QED) is 0.446. The van der Waals surface area contributed by atoms with Gasteiger partial charge in [-0.25, -0.2) is 4.79 Å². The van der Waals surface area contributed by atoms with Crippen LogP contribution in [-0.2, 0) is 6.54 Å². The number of nitrogens with one attached hydrogen (secondary N) is 2. The average molecular weight is 415 g/mol. The first-order chi connectivity index (χ1) is 15.2. The van der Waals surface area contributed by atoms with Crippen molar-refractivity contribution in [3.63, 3.8) is 0 Å². The molecule has 0 aliphatic carbocycles. The van der Waals surface area contributed by atoms with Gasteiger partial charge in [0.05, 0.1) is 7.11 Å². The summed E-state index contributed by atoms with van der Waals surface area (Å²) in [5.41, 5.74) is 4.14. The van der Waals surface area contributed by atoms with E-state index in [1.807, 2.05) is 36.5 Å². The number of anilines is 1. The van der Waals surface area contributed by atoms with Crippen molar-refractivity contribution in [2.24, 2.45) is 0 Å². The molecule has 6 heteroatoms. The van der Waals surface area contributed by atoms with E-state index in [9.17, 15) is 4.79 Å². The number of para-hydroxylation sites is 1. The number of rotatable bonds is 7. The van der Waals surface area contributed by atoms with Crippen LogP contribution in [0.2, 0.25) is 0 Å². The minimum absolute atomic E-state index is 0.0204. The van der Waals surface area contributed by atoms with Crippen LogP contribution in [-0.4, -0.2) is 29.2 Å². The van der Waals surface area contributed by atoms with E-state index in [4.69, 9.17) is 4.74 Å². The molecule has 0 unspecified atom stereocenters. The Labute approximate surface area is 181 Å². The smallest absolute Gasteiger partial charge is 0.319 e. The van der Waals surface area contributed by atoms with E-state index in [2.05, 4.69) is 63.6 Å². The fourth-order valence-corrected chi connectivity index (χ4v) is 3.85. The second kappa shape index (κ2) is 9.34. The first-order valence-electron chi connectivity index (χ1n) is 10.4. The highest BCUT2D eigenvalue weighted by atomic mass is 16.5. The summed E-state index contributed by atoms with van der Waals surface area (Å²) in [5.74, 6) is 0.725. The highest BCUT2D eigenvalue weighted by Gasteiger charge is 2.20. The summed E-state index contributed by atoms with van der Waals surface area (Å²) >= 11 is 0. The van der Waals surface area contributed by atoms with Crippen molar-refractivity contribution in [2.45, 2.75) is 19.4 Å². The van der Waals surface area contributed by atoms with Gasteiger partial charge >= 0.3 is 6.03 Å². The number of fused-ring (bicyclic) bond motifs is 1. The van der Waals surface area contributed by atoms with Crippen LogP contribution >= 0.6 is 0 Å². The van der Waals surface area contributed by atoms with Crippen molar-refractivity contribution in [2.75, 3.05) is 19.0 Å². The largest absolute Gasteiger partial charge is 0.497 e. The number of benzene rings is 2. The van der Waals surface area contributed by atoms with Gasteiger partial charge in [0.1, 0.15) is 5.75 Å². The second-order valence-corrected chi connectivity index (χ2v) is 7.29. The monoisotopic (exact) mass is 414 g/mol. The number of amides is 2. The van der Waals surface area contributed by atoms with Gasteiger partial charge in [-0.15, -0.1) is 0 Å². The molecule has 4 aromatic rings. The molecule has 0 aliphatic rings. The van der Waals surface area contributed by atoms with Crippen LogP contribution in [0.4, 0.5) is 10.5 Å². The maximum Gasteiger partial charge on any atom is 0.319 e. The minimum Gasteiger partial charge on any atom is -0.497 e. The number of hydrogen-bond donors (Lipinski definition) is 2. The van der Waals surface area contributed by atoms with Crippen molar-refractivity contribution in [1.29, 1.82) is 0 Å². The molecule has 2 aromatic heterocycles. The van der Waals surface area contributed by atoms with E-state index in [1.54, 1.807) is 13.3 Å². The Morgan fingerprint density at radius 1 is 1.10 bits per heavy atom. The zero-order valence-electron chi connectivity index (χ0n) is 17.7. The number of ether oxygens (including phenoxy) is 1. The lowest BCUT2D eigenvalue weighted by molar-refractivity contribution is 0.252. The fraction of sp³-hybridized carbons (Fsp3) is 0.200. The van der Waals surface area contributed by atoms with E-state index < -0.39 is 0 Å². The maximum atomic E-state index is 12.6. The minimum atomic E-state index is -0.252. The molecule has 0 spiro atoms. The zero-order valence-corrected chi connectivity index (χ0v) is 17.7. The van der Waals surface area contributed by atoms with Crippen LogP contribution in [0.15, 0.2) is 79.3 Å². The molecular weight excluding hydrogens is 388 g/mol. The molecule has 0 aliphatic heterocycles. The molecule has 2 heterocycles. The van der Waals surface area contributed by atoms with Gasteiger partial charge in [0.25, 0.3) is 0 Å². The van der Waals surface area contributed by atoms with E-state index in [0.717, 1.165) is 17.9 Å². The van der Waals surface area contributed by atoms with E-state index in [-0.39, 0.29) is 11.9 Å². The Morgan fingerprint density at radius 3 is 2.61 bits per heavy atom. The lowest BCUT2D eigenvalue weighted by Gasteiger charge is -2.18. The molecular formula is C25H26N4O2. The lowest BCUT2D eigenvalue weighted by atomic mass is 9.92. The molecule has 1 atom stereocenters. The summed E-state index contributed by atoms with van der Waals surface area (Å²) in [5, 5.41) is 7.10. The number of pyridine rings is 1. The highest BCUT2D eigenvalue weighted by Crippen LogP contribution is 2.32. The molecule has 0 radical (unpaired) electrons. The van der Waals surface area contributed by atoms with Gasteiger partial charge in [0, 0.05) is 54.2 Å². The Balaban J connectivity index is 1.57. The maximum absolute atomic E-state index is 12.6. The molecule has 0 fully saturated rings. The van der Waals surface area contributed by atoms with Gasteiger partial charge in [0.15, 0.2) is 0 Å². The number of urea groups is 1. The average Bonchev–Trinajstić information content (AvgIpc) is 3.19. The molecule has 31 heavy (non-hydrogen) atoms. The van der Waals surface area contributed by atoms with Crippen molar-refractivity contribution in [1.82, 2.24) is 14.9 Å². The summed E-state index contributed by atoms with van der Waals surface area (Å²) in [4.78, 5) is 16.9. The van der Waals surface area contributed by atoms with Crippen LogP contribution in [0.5, 0.6) is 5.75 Å². The van der Waals surface area contributed by atoms with Crippen LogP contribution < -0.4 is 15.4 Å². The Morgan fingerprint density at radius 2 is 1.90 bits per heavy atom. The van der Waals surface area contributed by atoms with Crippen LogP contribution in [0.25, 0.3) is 10.9 Å². The van der Waals surface area contributed by atoms with Crippen LogP contribution in [0.3, 0.4) is 0 Å². The number of hydrogen-bond acceptors (Lipinski definition) is 3. The summed E-state index contributed by atoms with van der Waals surface area (Å²) in [7, 11) is 1.61. The normalized spacial score (nSPS) is 11.8. The molecule has 4 rings (SSSR count). The highest BCUT2D eigenvalue weighted by molar-refractivity contribution is 5.89. The molecule has 0 bridgehead atoms. The molecule has 2 amide bonds. The first kappa shape index (κ1) is 20.5. The first-order valence-corrected chi connectivity index (χ1v) is 10.4. The van der Waals surface area contributed by atoms with Crippen LogP contribution in [0, 0.1) is 0 Å².